The summed E-state index contributed by atoms with van der Waals surface area (Å²) in [6, 6.07) is 20.9. The van der Waals surface area contributed by atoms with E-state index >= 15 is 0 Å². The quantitative estimate of drug-likeness (QED) is 0.224. The van der Waals surface area contributed by atoms with E-state index in [1.807, 2.05) is 43.3 Å². The lowest BCUT2D eigenvalue weighted by molar-refractivity contribution is -0.121. The second-order valence-electron chi connectivity index (χ2n) is 7.56. The van der Waals surface area contributed by atoms with Gasteiger partial charge in [0.05, 0.1) is 30.3 Å². The summed E-state index contributed by atoms with van der Waals surface area (Å²) in [7, 11) is 0. The SMILES string of the molecule is C#CCOc1c(Cl)cc(/C=N\NC(=O)C[C@@H](NC(=O)c2ccccc2)c2ccccc2)cc1OCC. The third kappa shape index (κ3) is 7.62. The second-order valence-corrected chi connectivity index (χ2v) is 7.96. The Morgan fingerprint density at radius 3 is 2.44 bits per heavy atom. The number of hydrogen-bond acceptors (Lipinski definition) is 5. The van der Waals surface area contributed by atoms with Crippen LogP contribution in [-0.4, -0.2) is 31.2 Å². The zero-order chi connectivity index (χ0) is 25.8. The van der Waals surface area contributed by atoms with Crippen LogP contribution in [0.15, 0.2) is 77.9 Å². The molecule has 2 amide bonds. The molecule has 0 radical (unpaired) electrons. The Labute approximate surface area is 215 Å². The van der Waals surface area contributed by atoms with Crippen molar-refractivity contribution in [2.24, 2.45) is 5.10 Å². The fourth-order valence-electron chi connectivity index (χ4n) is 3.36. The van der Waals surface area contributed by atoms with Gasteiger partial charge < -0.3 is 14.8 Å². The number of hydrazone groups is 1. The van der Waals surface area contributed by atoms with E-state index in [0.717, 1.165) is 5.56 Å². The van der Waals surface area contributed by atoms with Gasteiger partial charge in [0.2, 0.25) is 5.91 Å². The molecule has 0 unspecified atom stereocenters. The first-order valence-electron chi connectivity index (χ1n) is 11.3. The molecule has 184 valence electrons. The van der Waals surface area contributed by atoms with E-state index < -0.39 is 6.04 Å². The first kappa shape index (κ1) is 26.3. The van der Waals surface area contributed by atoms with E-state index in [4.69, 9.17) is 27.5 Å². The number of nitrogens with zero attached hydrogens (tertiary/aromatic N) is 1. The number of nitrogens with one attached hydrogen (secondary N) is 2. The minimum Gasteiger partial charge on any atom is -0.490 e. The number of halogens is 1. The van der Waals surface area contributed by atoms with Crippen molar-refractivity contribution in [3.05, 3.63) is 94.5 Å². The molecule has 7 nitrogen and oxygen atoms in total. The zero-order valence-electron chi connectivity index (χ0n) is 19.7. The summed E-state index contributed by atoms with van der Waals surface area (Å²) in [5.41, 5.74) is 4.40. The van der Waals surface area contributed by atoms with E-state index in [0.29, 0.717) is 34.3 Å². The van der Waals surface area contributed by atoms with Gasteiger partial charge in [-0.3, -0.25) is 9.59 Å². The van der Waals surface area contributed by atoms with Gasteiger partial charge in [-0.25, -0.2) is 5.43 Å². The maximum absolute atomic E-state index is 12.7. The van der Waals surface area contributed by atoms with Gasteiger partial charge in [-0.05, 0) is 42.3 Å². The first-order valence-corrected chi connectivity index (χ1v) is 11.6. The molecule has 0 aliphatic carbocycles. The second kappa shape index (κ2) is 13.6. The maximum Gasteiger partial charge on any atom is 0.251 e. The number of ether oxygens (including phenoxy) is 2. The third-order valence-electron chi connectivity index (χ3n) is 4.97. The van der Waals surface area contributed by atoms with E-state index in [1.54, 1.807) is 36.4 Å². The molecule has 0 aromatic heterocycles. The van der Waals surface area contributed by atoms with Crippen molar-refractivity contribution in [3.63, 3.8) is 0 Å². The number of benzene rings is 3. The van der Waals surface area contributed by atoms with Gasteiger partial charge >= 0.3 is 0 Å². The predicted molar refractivity (Wildman–Crippen MR) is 140 cm³/mol. The number of terminal acetylenes is 1. The van der Waals surface area contributed by atoms with Crippen molar-refractivity contribution in [2.45, 2.75) is 19.4 Å². The molecule has 3 aromatic carbocycles. The smallest absolute Gasteiger partial charge is 0.251 e. The molecule has 2 N–H and O–H groups in total. The highest BCUT2D eigenvalue weighted by atomic mass is 35.5. The molecule has 3 rings (SSSR count). The minimum atomic E-state index is -0.541. The van der Waals surface area contributed by atoms with Gasteiger partial charge in [-0.1, -0.05) is 66.1 Å². The Balaban J connectivity index is 1.69. The lowest BCUT2D eigenvalue weighted by Gasteiger charge is -2.18. The Morgan fingerprint density at radius 1 is 1.08 bits per heavy atom. The summed E-state index contributed by atoms with van der Waals surface area (Å²) in [5, 5.41) is 7.26. The molecule has 0 saturated heterocycles. The van der Waals surface area contributed by atoms with Crippen LogP contribution >= 0.6 is 11.6 Å². The molecular weight excluding hydrogens is 478 g/mol. The van der Waals surface area contributed by atoms with Crippen LogP contribution in [0.1, 0.15) is 40.9 Å². The molecule has 3 aromatic rings. The molecule has 0 fully saturated rings. The van der Waals surface area contributed by atoms with E-state index in [2.05, 4.69) is 21.8 Å². The Morgan fingerprint density at radius 2 is 1.78 bits per heavy atom. The van der Waals surface area contributed by atoms with E-state index in [1.165, 1.54) is 6.21 Å². The van der Waals surface area contributed by atoms with E-state index in [-0.39, 0.29) is 24.8 Å². The fraction of sp³-hybridized carbons (Fsp3) is 0.179. The summed E-state index contributed by atoms with van der Waals surface area (Å²) >= 11 is 6.32. The van der Waals surface area contributed by atoms with Crippen molar-refractivity contribution < 1.29 is 19.1 Å². The van der Waals surface area contributed by atoms with Gasteiger partial charge in [0.25, 0.3) is 5.91 Å². The van der Waals surface area contributed by atoms with Crippen LogP contribution < -0.4 is 20.2 Å². The van der Waals surface area contributed by atoms with Gasteiger partial charge in [-0.15, -0.1) is 6.42 Å². The van der Waals surface area contributed by atoms with Crippen molar-refractivity contribution in [3.8, 4) is 23.8 Å². The van der Waals surface area contributed by atoms with Crippen molar-refractivity contribution in [1.82, 2.24) is 10.7 Å². The normalized spacial score (nSPS) is 11.4. The minimum absolute atomic E-state index is 0.0102. The summed E-state index contributed by atoms with van der Waals surface area (Å²) in [6.07, 6.45) is 6.69. The largest absolute Gasteiger partial charge is 0.490 e. The molecule has 0 aliphatic heterocycles. The molecule has 1 atom stereocenters. The summed E-state index contributed by atoms with van der Waals surface area (Å²) in [5.74, 6) is 2.50. The van der Waals surface area contributed by atoms with Gasteiger partial charge in [-0.2, -0.15) is 5.10 Å². The molecule has 36 heavy (non-hydrogen) atoms. The summed E-state index contributed by atoms with van der Waals surface area (Å²) in [4.78, 5) is 25.4. The Hall–Kier alpha value is -4.28. The Kier molecular flexibility index (Phi) is 9.92. The molecular formula is C28H26ClN3O4. The van der Waals surface area contributed by atoms with Crippen molar-refractivity contribution in [2.75, 3.05) is 13.2 Å². The number of amides is 2. The number of rotatable bonds is 11. The van der Waals surface area contributed by atoms with Crippen molar-refractivity contribution in [1.29, 1.82) is 0 Å². The monoisotopic (exact) mass is 503 g/mol. The Bertz CT molecular complexity index is 1240. The highest BCUT2D eigenvalue weighted by Crippen LogP contribution is 2.36. The number of carbonyl (C=O) groups excluding carboxylic acids is 2. The summed E-state index contributed by atoms with van der Waals surface area (Å²) < 4.78 is 11.1. The molecule has 0 saturated carbocycles. The number of hydrogen-bond donors (Lipinski definition) is 2. The van der Waals surface area contributed by atoms with Crippen molar-refractivity contribution >= 4 is 29.6 Å². The molecule has 0 spiro atoms. The van der Waals surface area contributed by atoms with Crippen LogP contribution in [0.2, 0.25) is 5.02 Å². The lowest BCUT2D eigenvalue weighted by atomic mass is 10.0. The average molecular weight is 504 g/mol. The van der Waals surface area contributed by atoms with Crippen LogP contribution in [0.4, 0.5) is 0 Å². The van der Waals surface area contributed by atoms with Crippen LogP contribution in [0.5, 0.6) is 11.5 Å². The number of carbonyl (C=O) groups is 2. The molecule has 0 bridgehead atoms. The summed E-state index contributed by atoms with van der Waals surface area (Å²) in [6.45, 7) is 2.28. The van der Waals surface area contributed by atoms with E-state index in [9.17, 15) is 9.59 Å². The van der Waals surface area contributed by atoms with Crippen LogP contribution in [0.25, 0.3) is 0 Å². The predicted octanol–water partition coefficient (Wildman–Crippen LogP) is 4.76. The first-order chi connectivity index (χ1) is 17.5. The fourth-order valence-corrected chi connectivity index (χ4v) is 3.63. The van der Waals surface area contributed by atoms with Gasteiger partial charge in [0, 0.05) is 5.56 Å². The molecule has 0 aliphatic rings. The van der Waals surface area contributed by atoms with Crippen LogP contribution in [0.3, 0.4) is 0 Å². The maximum atomic E-state index is 12.7. The van der Waals surface area contributed by atoms with Gasteiger partial charge in [0.15, 0.2) is 11.5 Å². The average Bonchev–Trinajstić information content (AvgIpc) is 2.89. The van der Waals surface area contributed by atoms with Crippen LogP contribution in [0, 0.1) is 12.3 Å². The zero-order valence-corrected chi connectivity index (χ0v) is 20.5. The van der Waals surface area contributed by atoms with Crippen LogP contribution in [-0.2, 0) is 4.79 Å². The standard InChI is InChI=1S/C28H26ClN3O4/c1-3-15-36-27-23(29)16-20(17-25(27)35-4-2)19-30-32-26(33)18-24(21-11-7-5-8-12-21)31-28(34)22-13-9-6-10-14-22/h1,5-14,16-17,19,24H,4,15,18H2,2H3,(H,31,34)(H,32,33)/b30-19-/t24-/m1/s1. The third-order valence-corrected chi connectivity index (χ3v) is 5.25. The highest BCUT2D eigenvalue weighted by Gasteiger charge is 2.19. The topological polar surface area (TPSA) is 89.0 Å². The van der Waals surface area contributed by atoms with Gasteiger partial charge in [0.1, 0.15) is 6.61 Å². The molecule has 0 heterocycles. The molecule has 8 heteroatoms. The highest BCUT2D eigenvalue weighted by molar-refractivity contribution is 6.32. The lowest BCUT2D eigenvalue weighted by Crippen LogP contribution is -2.32.